The van der Waals surface area contributed by atoms with Crippen molar-refractivity contribution in [3.8, 4) is 0 Å². The van der Waals surface area contributed by atoms with Crippen molar-refractivity contribution in [2.75, 3.05) is 45.1 Å². The summed E-state index contributed by atoms with van der Waals surface area (Å²) in [5.41, 5.74) is 0. The van der Waals surface area contributed by atoms with Crippen molar-refractivity contribution in [3.05, 3.63) is 0 Å². The number of ether oxygens (including phenoxy) is 2. The van der Waals surface area contributed by atoms with E-state index in [2.05, 4.69) is 30.6 Å². The Kier molecular flexibility index (Phi) is 40.0. The van der Waals surface area contributed by atoms with Gasteiger partial charge in [-0.15, -0.1) is 0 Å². The molecule has 1 aliphatic heterocycles. The van der Waals surface area contributed by atoms with E-state index in [1.54, 1.807) is 0 Å². The molecule has 1 fully saturated rings. The summed E-state index contributed by atoms with van der Waals surface area (Å²) in [5, 5.41) is 0.236. The van der Waals surface area contributed by atoms with Crippen LogP contribution in [0.5, 0.6) is 0 Å². The van der Waals surface area contributed by atoms with E-state index in [0.717, 1.165) is 115 Å². The Morgan fingerprint density at radius 3 is 1.47 bits per heavy atom. The molecule has 0 bridgehead atoms. The number of rotatable bonds is 42. The molecule has 0 unspecified atom stereocenters. The number of piperidine rings is 1. The standard InChI is InChI=1S/C50H96N2O5S/c1-4-7-10-13-16-25-35-45-56-48(53)38-29-21-17-23-33-42-52(50(55)58-46-44-51-40-31-26-32-41-51)43-34-24-18-22-30-39-49(54)57-47(36-27-19-14-11-8-5-2)37-28-20-15-12-9-6-3/h47H,4-46H2,1-3H3. The van der Waals surface area contributed by atoms with Crippen LogP contribution in [0.25, 0.3) is 0 Å². The molecule has 0 aromatic rings. The van der Waals surface area contributed by atoms with Gasteiger partial charge in [0.15, 0.2) is 0 Å². The topological polar surface area (TPSA) is 76.1 Å². The van der Waals surface area contributed by atoms with Crippen molar-refractivity contribution in [1.82, 2.24) is 9.80 Å². The molecule has 1 aliphatic rings. The molecule has 7 nitrogen and oxygen atoms in total. The average Bonchev–Trinajstić information content (AvgIpc) is 3.22. The van der Waals surface area contributed by atoms with Crippen LogP contribution in [0.15, 0.2) is 0 Å². The molecule has 1 amide bonds. The van der Waals surface area contributed by atoms with Gasteiger partial charge >= 0.3 is 11.9 Å². The summed E-state index contributed by atoms with van der Waals surface area (Å²) in [6, 6.07) is 0. The number of likely N-dealkylation sites (tertiary alicyclic amines) is 1. The molecule has 0 aromatic heterocycles. The zero-order valence-corrected chi connectivity index (χ0v) is 39.6. The first kappa shape index (κ1) is 54.7. The molecule has 1 rings (SSSR count). The van der Waals surface area contributed by atoms with Crippen LogP contribution in [-0.4, -0.2) is 78.2 Å². The van der Waals surface area contributed by atoms with E-state index in [0.29, 0.717) is 19.4 Å². The number of hydrogen-bond donors (Lipinski definition) is 0. The normalized spacial score (nSPS) is 13.3. The lowest BCUT2D eigenvalue weighted by atomic mass is 10.0. The van der Waals surface area contributed by atoms with Gasteiger partial charge in [-0.05, 0) is 83.7 Å². The van der Waals surface area contributed by atoms with Gasteiger partial charge in [0.1, 0.15) is 6.10 Å². The predicted molar refractivity (Wildman–Crippen MR) is 250 cm³/mol. The van der Waals surface area contributed by atoms with E-state index in [9.17, 15) is 14.4 Å². The fourth-order valence-electron chi connectivity index (χ4n) is 8.16. The van der Waals surface area contributed by atoms with Crippen LogP contribution in [0.3, 0.4) is 0 Å². The first-order valence-corrected chi connectivity index (χ1v) is 26.5. The molecule has 0 aromatic carbocycles. The van der Waals surface area contributed by atoms with Crippen LogP contribution in [0, 0.1) is 0 Å². The minimum absolute atomic E-state index is 0.000879. The van der Waals surface area contributed by atoms with Crippen LogP contribution in [0.4, 0.5) is 4.79 Å². The molecule has 58 heavy (non-hydrogen) atoms. The van der Waals surface area contributed by atoms with Crippen molar-refractivity contribution in [1.29, 1.82) is 0 Å². The van der Waals surface area contributed by atoms with Gasteiger partial charge < -0.3 is 19.3 Å². The molecular formula is C50H96N2O5S. The largest absolute Gasteiger partial charge is 0.466 e. The molecule has 0 saturated carbocycles. The first-order valence-electron chi connectivity index (χ1n) is 25.5. The third-order valence-electron chi connectivity index (χ3n) is 12.0. The Bertz CT molecular complexity index is 914. The highest BCUT2D eigenvalue weighted by Gasteiger charge is 2.17. The lowest BCUT2D eigenvalue weighted by Gasteiger charge is -2.27. The number of carbonyl (C=O) groups is 3. The summed E-state index contributed by atoms with van der Waals surface area (Å²) in [4.78, 5) is 43.0. The van der Waals surface area contributed by atoms with Crippen molar-refractivity contribution in [2.45, 2.75) is 258 Å². The Morgan fingerprint density at radius 2 is 0.948 bits per heavy atom. The van der Waals surface area contributed by atoms with Crippen LogP contribution in [0.2, 0.25) is 0 Å². The van der Waals surface area contributed by atoms with Gasteiger partial charge in [-0.2, -0.15) is 0 Å². The number of carbonyl (C=O) groups excluding carboxylic acids is 3. The van der Waals surface area contributed by atoms with Gasteiger partial charge in [-0.25, -0.2) is 0 Å². The van der Waals surface area contributed by atoms with Crippen LogP contribution >= 0.6 is 11.8 Å². The summed E-state index contributed by atoms with van der Waals surface area (Å²) in [6.07, 6.45) is 41.3. The fraction of sp³-hybridized carbons (Fsp3) is 0.940. The minimum Gasteiger partial charge on any atom is -0.466 e. The van der Waals surface area contributed by atoms with Gasteiger partial charge in [-0.1, -0.05) is 180 Å². The highest BCUT2D eigenvalue weighted by Crippen LogP contribution is 2.20. The van der Waals surface area contributed by atoms with Crippen LogP contribution < -0.4 is 0 Å². The average molecular weight is 837 g/mol. The smallest absolute Gasteiger partial charge is 0.306 e. The quantitative estimate of drug-likeness (QED) is 0.0448. The van der Waals surface area contributed by atoms with Gasteiger partial charge in [-0.3, -0.25) is 14.4 Å². The van der Waals surface area contributed by atoms with E-state index in [4.69, 9.17) is 9.47 Å². The Balaban J connectivity index is 2.34. The second kappa shape index (κ2) is 42.4. The van der Waals surface area contributed by atoms with Crippen molar-refractivity contribution in [2.24, 2.45) is 0 Å². The second-order valence-corrected chi connectivity index (χ2v) is 18.7. The molecule has 0 atom stereocenters. The second-order valence-electron chi connectivity index (χ2n) is 17.6. The molecule has 8 heteroatoms. The molecule has 1 saturated heterocycles. The molecular weight excluding hydrogens is 741 g/mol. The van der Waals surface area contributed by atoms with Crippen LogP contribution in [0.1, 0.15) is 252 Å². The summed E-state index contributed by atoms with van der Waals surface area (Å²) in [6.45, 7) is 12.3. The number of unbranched alkanes of at least 4 members (excludes halogenated alkanes) is 24. The third kappa shape index (κ3) is 35.5. The highest BCUT2D eigenvalue weighted by molar-refractivity contribution is 8.13. The fourth-order valence-corrected chi connectivity index (χ4v) is 9.05. The van der Waals surface area contributed by atoms with Gasteiger partial charge in [0.05, 0.1) is 6.61 Å². The lowest BCUT2D eigenvalue weighted by molar-refractivity contribution is -0.150. The maximum absolute atomic E-state index is 13.4. The number of amides is 1. The summed E-state index contributed by atoms with van der Waals surface area (Å²) >= 11 is 1.51. The van der Waals surface area contributed by atoms with Crippen molar-refractivity contribution in [3.63, 3.8) is 0 Å². The maximum atomic E-state index is 13.4. The Hall–Kier alpha value is -1.28. The Labute approximate surface area is 364 Å². The lowest BCUT2D eigenvalue weighted by Crippen LogP contribution is -2.33. The number of nitrogens with zero attached hydrogens (tertiary/aromatic N) is 2. The van der Waals surface area contributed by atoms with Crippen LogP contribution in [-0.2, 0) is 19.1 Å². The summed E-state index contributed by atoms with van der Waals surface area (Å²) in [7, 11) is 0. The molecule has 0 radical (unpaired) electrons. The number of hydrogen-bond acceptors (Lipinski definition) is 7. The van der Waals surface area contributed by atoms with E-state index in [1.165, 1.54) is 153 Å². The molecule has 0 N–H and O–H groups in total. The molecule has 0 spiro atoms. The zero-order valence-electron chi connectivity index (χ0n) is 38.8. The number of thioether (sulfide) groups is 1. The molecule has 1 heterocycles. The SMILES string of the molecule is CCCCCCCCCOC(=O)CCCCCCCN(CCCCCCCC(=O)OC(CCCCCCCC)CCCCCCCC)C(=O)SCCN1CCCCC1. The van der Waals surface area contributed by atoms with E-state index >= 15 is 0 Å². The van der Waals surface area contributed by atoms with Crippen molar-refractivity contribution >= 4 is 28.9 Å². The van der Waals surface area contributed by atoms with Gasteiger partial charge in [0.2, 0.25) is 0 Å². The number of esters is 2. The van der Waals surface area contributed by atoms with E-state index in [-0.39, 0.29) is 23.3 Å². The predicted octanol–water partition coefficient (Wildman–Crippen LogP) is 15.0. The minimum atomic E-state index is -0.0458. The zero-order chi connectivity index (χ0) is 42.0. The summed E-state index contributed by atoms with van der Waals surface area (Å²) < 4.78 is 11.5. The maximum Gasteiger partial charge on any atom is 0.306 e. The van der Waals surface area contributed by atoms with E-state index < -0.39 is 0 Å². The first-order chi connectivity index (χ1) is 28.5. The molecule has 0 aliphatic carbocycles. The Morgan fingerprint density at radius 1 is 0.517 bits per heavy atom. The third-order valence-corrected chi connectivity index (χ3v) is 12.9. The highest BCUT2D eigenvalue weighted by atomic mass is 32.2. The van der Waals surface area contributed by atoms with Gasteiger partial charge in [0, 0.05) is 38.2 Å². The summed E-state index contributed by atoms with van der Waals surface area (Å²) in [5.74, 6) is 0.828. The molecule has 342 valence electrons. The van der Waals surface area contributed by atoms with Gasteiger partial charge in [0.25, 0.3) is 5.24 Å². The van der Waals surface area contributed by atoms with E-state index in [1.807, 2.05) is 0 Å². The monoisotopic (exact) mass is 837 g/mol. The van der Waals surface area contributed by atoms with Crippen molar-refractivity contribution < 1.29 is 23.9 Å².